The van der Waals surface area contributed by atoms with Gasteiger partial charge in [-0.25, -0.2) is 4.89 Å². The third kappa shape index (κ3) is 2.37. The highest BCUT2D eigenvalue weighted by molar-refractivity contribution is 5.20. The van der Waals surface area contributed by atoms with E-state index in [1.54, 1.807) is 0 Å². The lowest BCUT2D eigenvalue weighted by molar-refractivity contribution is -0.267. The van der Waals surface area contributed by atoms with Crippen LogP contribution in [-0.4, -0.2) is 40.1 Å². The number of fused-ring (bicyclic) bond motifs is 3. The molecular weight excluding hydrogens is 254 g/mol. The molecule has 20 heavy (non-hydrogen) atoms. The van der Waals surface area contributed by atoms with E-state index in [4.69, 9.17) is 5.26 Å². The van der Waals surface area contributed by atoms with E-state index in [9.17, 15) is 5.11 Å². The Morgan fingerprint density at radius 2 is 2.05 bits per heavy atom. The lowest BCUT2D eigenvalue weighted by atomic mass is 9.72. The number of piperidine rings is 2. The summed E-state index contributed by atoms with van der Waals surface area (Å²) in [4.78, 5) is 6.82. The minimum absolute atomic E-state index is 0.176. The van der Waals surface area contributed by atoms with Crippen LogP contribution in [0.25, 0.3) is 0 Å². The molecule has 2 N–H and O–H groups in total. The van der Waals surface area contributed by atoms with Crippen LogP contribution in [0.2, 0.25) is 0 Å². The Balaban J connectivity index is 1.88. The van der Waals surface area contributed by atoms with Gasteiger partial charge in [0.05, 0.1) is 12.7 Å². The maximum atomic E-state index is 10.3. The summed E-state index contributed by atoms with van der Waals surface area (Å²) in [6.07, 6.45) is 2.73. The van der Waals surface area contributed by atoms with Crippen LogP contribution in [0, 0.1) is 5.92 Å². The molecule has 0 radical (unpaired) electrons. The van der Waals surface area contributed by atoms with Crippen molar-refractivity contribution in [2.45, 2.75) is 50.4 Å². The Morgan fingerprint density at radius 1 is 1.30 bits per heavy atom. The first-order valence-electron chi connectivity index (χ1n) is 7.49. The molecule has 0 spiro atoms. The Hall–Kier alpha value is -0.940. The van der Waals surface area contributed by atoms with Gasteiger partial charge in [0.25, 0.3) is 0 Å². The van der Waals surface area contributed by atoms with Gasteiger partial charge in [-0.2, -0.15) is 0 Å². The molecule has 0 amide bonds. The molecule has 4 nitrogen and oxygen atoms in total. The largest absolute Gasteiger partial charge is 0.391 e. The second-order valence-corrected chi connectivity index (χ2v) is 6.10. The molecule has 2 heterocycles. The maximum absolute atomic E-state index is 10.3. The SMILES string of the molecule is C[C@H](c1ccccc1)N1C2CCC(CC2O)C1COO. The van der Waals surface area contributed by atoms with Crippen LogP contribution in [-0.2, 0) is 4.89 Å². The highest BCUT2D eigenvalue weighted by Crippen LogP contribution is 2.44. The number of aliphatic hydroxyl groups excluding tert-OH is 1. The number of hydrogen-bond acceptors (Lipinski definition) is 4. The monoisotopic (exact) mass is 277 g/mol. The second kappa shape index (κ2) is 5.82. The van der Waals surface area contributed by atoms with Crippen molar-refractivity contribution in [1.82, 2.24) is 4.90 Å². The van der Waals surface area contributed by atoms with Gasteiger partial charge in [0.2, 0.25) is 0 Å². The molecule has 3 fully saturated rings. The summed E-state index contributed by atoms with van der Waals surface area (Å²) in [6.45, 7) is 2.50. The average Bonchev–Trinajstić information content (AvgIpc) is 2.49. The van der Waals surface area contributed by atoms with Crippen LogP contribution in [0.4, 0.5) is 0 Å². The Morgan fingerprint density at radius 3 is 2.70 bits per heavy atom. The van der Waals surface area contributed by atoms with Crippen molar-refractivity contribution in [2.75, 3.05) is 6.61 Å². The maximum Gasteiger partial charge on any atom is 0.0978 e. The molecule has 1 aromatic rings. The third-order valence-electron chi connectivity index (χ3n) is 5.11. The molecule has 4 heteroatoms. The van der Waals surface area contributed by atoms with Crippen LogP contribution in [0.1, 0.15) is 37.8 Å². The second-order valence-electron chi connectivity index (χ2n) is 6.10. The molecule has 4 unspecified atom stereocenters. The van der Waals surface area contributed by atoms with Gasteiger partial charge in [-0.15, -0.1) is 0 Å². The fraction of sp³-hybridized carbons (Fsp3) is 0.625. The fourth-order valence-electron chi connectivity index (χ4n) is 4.13. The van der Waals surface area contributed by atoms with E-state index in [1.165, 1.54) is 5.56 Å². The van der Waals surface area contributed by atoms with Crippen LogP contribution >= 0.6 is 0 Å². The van der Waals surface area contributed by atoms with Crippen molar-refractivity contribution >= 4 is 0 Å². The molecule has 110 valence electrons. The Labute approximate surface area is 119 Å². The minimum Gasteiger partial charge on any atom is -0.391 e. The van der Waals surface area contributed by atoms with E-state index in [0.717, 1.165) is 19.3 Å². The van der Waals surface area contributed by atoms with Crippen LogP contribution in [0.3, 0.4) is 0 Å². The van der Waals surface area contributed by atoms with Gasteiger partial charge in [0.1, 0.15) is 0 Å². The highest BCUT2D eigenvalue weighted by Gasteiger charge is 2.48. The minimum atomic E-state index is -0.255. The van der Waals surface area contributed by atoms with Crippen molar-refractivity contribution in [3.63, 3.8) is 0 Å². The lowest BCUT2D eigenvalue weighted by Crippen LogP contribution is -2.62. The standard InChI is InChI=1S/C16H23NO3/c1-11(12-5-3-2-4-6-12)17-14-8-7-13(9-16(14)18)15(17)10-20-19/h2-6,11,13-16,18-19H,7-10H2,1H3/t11-,13?,14?,15?,16?/m1/s1. The van der Waals surface area contributed by atoms with E-state index in [0.29, 0.717) is 12.5 Å². The molecular formula is C16H23NO3. The molecule has 3 aliphatic rings. The topological polar surface area (TPSA) is 52.9 Å². The summed E-state index contributed by atoms with van der Waals surface area (Å²) in [7, 11) is 0. The van der Waals surface area contributed by atoms with Crippen molar-refractivity contribution in [1.29, 1.82) is 0 Å². The number of rotatable bonds is 4. The van der Waals surface area contributed by atoms with E-state index in [-0.39, 0.29) is 24.2 Å². The smallest absolute Gasteiger partial charge is 0.0978 e. The first-order valence-corrected chi connectivity index (χ1v) is 7.49. The molecule has 4 rings (SSSR count). The molecule has 2 saturated heterocycles. The number of aliphatic hydroxyl groups is 1. The molecule has 1 aliphatic carbocycles. The summed E-state index contributed by atoms with van der Waals surface area (Å²) in [5, 5.41) is 19.2. The van der Waals surface area contributed by atoms with Gasteiger partial charge < -0.3 is 5.11 Å². The summed E-state index contributed by atoms with van der Waals surface area (Å²) < 4.78 is 0. The molecule has 1 aromatic carbocycles. The number of hydrogen-bond donors (Lipinski definition) is 2. The van der Waals surface area contributed by atoms with Crippen LogP contribution in [0.15, 0.2) is 30.3 Å². The first kappa shape index (κ1) is 14.0. The zero-order valence-corrected chi connectivity index (χ0v) is 11.9. The highest BCUT2D eigenvalue weighted by atomic mass is 17.1. The Kier molecular flexibility index (Phi) is 4.08. The van der Waals surface area contributed by atoms with Crippen molar-refractivity contribution in [2.24, 2.45) is 5.92 Å². The Bertz CT molecular complexity index is 439. The summed E-state index contributed by atoms with van der Waals surface area (Å²) in [5.74, 6) is 0.410. The van der Waals surface area contributed by atoms with Gasteiger partial charge in [-0.3, -0.25) is 10.2 Å². The predicted molar refractivity (Wildman–Crippen MR) is 76.2 cm³/mol. The van der Waals surface area contributed by atoms with Crippen LogP contribution < -0.4 is 0 Å². The van der Waals surface area contributed by atoms with Gasteiger partial charge in [-0.05, 0) is 37.7 Å². The molecule has 2 bridgehead atoms. The number of nitrogens with zero attached hydrogens (tertiary/aromatic N) is 1. The van der Waals surface area contributed by atoms with Gasteiger partial charge in [-0.1, -0.05) is 30.3 Å². The summed E-state index contributed by atoms with van der Waals surface area (Å²) in [5.41, 5.74) is 1.25. The van der Waals surface area contributed by atoms with Crippen molar-refractivity contribution in [3.8, 4) is 0 Å². The summed E-state index contributed by atoms with van der Waals surface area (Å²) in [6, 6.07) is 10.9. The van der Waals surface area contributed by atoms with E-state index in [1.807, 2.05) is 18.2 Å². The van der Waals surface area contributed by atoms with E-state index < -0.39 is 0 Å². The predicted octanol–water partition coefficient (Wildman–Crippen LogP) is 2.45. The zero-order valence-electron chi connectivity index (χ0n) is 11.9. The first-order chi connectivity index (χ1) is 9.72. The average molecular weight is 277 g/mol. The lowest BCUT2D eigenvalue weighted by Gasteiger charge is -2.55. The fourth-order valence-corrected chi connectivity index (χ4v) is 4.13. The van der Waals surface area contributed by atoms with Crippen molar-refractivity contribution < 1.29 is 15.3 Å². The third-order valence-corrected chi connectivity index (χ3v) is 5.11. The summed E-state index contributed by atoms with van der Waals surface area (Å²) >= 11 is 0. The quantitative estimate of drug-likeness (QED) is 0.655. The number of benzene rings is 1. The normalized spacial score (nSPS) is 35.1. The molecule has 1 saturated carbocycles. The van der Waals surface area contributed by atoms with Crippen LogP contribution in [0.5, 0.6) is 0 Å². The van der Waals surface area contributed by atoms with Gasteiger partial charge in [0.15, 0.2) is 0 Å². The van der Waals surface area contributed by atoms with Gasteiger partial charge in [0, 0.05) is 18.1 Å². The van der Waals surface area contributed by atoms with Crippen molar-refractivity contribution in [3.05, 3.63) is 35.9 Å². The zero-order chi connectivity index (χ0) is 14.1. The molecule has 0 aromatic heterocycles. The molecule has 5 atom stereocenters. The van der Waals surface area contributed by atoms with Gasteiger partial charge >= 0.3 is 0 Å². The van der Waals surface area contributed by atoms with E-state index in [2.05, 4.69) is 28.8 Å². The molecule has 2 aliphatic heterocycles. The van der Waals surface area contributed by atoms with E-state index >= 15 is 0 Å².